The fourth-order valence-corrected chi connectivity index (χ4v) is 8.32. The number of thioether (sulfide) groups is 2. The van der Waals surface area contributed by atoms with Crippen LogP contribution in [0.1, 0.15) is 58.3 Å². The molecular weight excluding hydrogens is 436 g/mol. The van der Waals surface area contributed by atoms with E-state index in [1.165, 1.54) is 32.1 Å². The lowest BCUT2D eigenvalue weighted by atomic mass is 9.84. The molecule has 4 aliphatic rings. The van der Waals surface area contributed by atoms with E-state index in [-0.39, 0.29) is 34.5 Å². The van der Waals surface area contributed by atoms with Gasteiger partial charge in [0.15, 0.2) is 0 Å². The van der Waals surface area contributed by atoms with Gasteiger partial charge in [-0.25, -0.2) is 4.79 Å². The minimum absolute atomic E-state index is 0.0723. The summed E-state index contributed by atoms with van der Waals surface area (Å²) in [6.45, 7) is 2.91. The van der Waals surface area contributed by atoms with E-state index in [0.29, 0.717) is 23.6 Å². The fraction of sp³-hybridized carbons (Fsp3) is 0.857. The summed E-state index contributed by atoms with van der Waals surface area (Å²) in [5, 5.41) is 12.4. The Kier molecular flexibility index (Phi) is 8.06. The highest BCUT2D eigenvalue weighted by Gasteiger charge is 2.46. The molecule has 0 aromatic rings. The van der Waals surface area contributed by atoms with Gasteiger partial charge in [-0.05, 0) is 51.5 Å². The number of amides is 3. The maximum absolute atomic E-state index is 13.1. The standard InChI is InChI=1S/C21H34N4O4S2/c1-2-29-21(28)25-16(26)13-11-15(12-7-4-3-5-8-12)30-18(13)24-17(27)20-23-14-9-6-10-22-19(14)31-20/h12-15,18-20,22-23H,2-11H2,1H3,(H,24,27)(H,25,26,28). The number of imide groups is 1. The van der Waals surface area contributed by atoms with Crippen molar-refractivity contribution in [1.29, 1.82) is 0 Å². The van der Waals surface area contributed by atoms with Crippen LogP contribution in [0.25, 0.3) is 0 Å². The van der Waals surface area contributed by atoms with E-state index in [0.717, 1.165) is 19.4 Å². The van der Waals surface area contributed by atoms with Crippen LogP contribution in [-0.2, 0) is 14.3 Å². The van der Waals surface area contributed by atoms with Crippen molar-refractivity contribution in [3.8, 4) is 0 Å². The van der Waals surface area contributed by atoms with Crippen molar-refractivity contribution in [3.05, 3.63) is 0 Å². The van der Waals surface area contributed by atoms with Gasteiger partial charge in [0.2, 0.25) is 11.8 Å². The minimum Gasteiger partial charge on any atom is -0.450 e. The highest BCUT2D eigenvalue weighted by atomic mass is 32.2. The lowest BCUT2D eigenvalue weighted by molar-refractivity contribution is -0.125. The van der Waals surface area contributed by atoms with Gasteiger partial charge >= 0.3 is 6.09 Å². The zero-order valence-corrected chi connectivity index (χ0v) is 19.7. The molecule has 0 bridgehead atoms. The van der Waals surface area contributed by atoms with Gasteiger partial charge in [-0.3, -0.25) is 20.2 Å². The molecule has 3 heterocycles. The smallest absolute Gasteiger partial charge is 0.413 e. The first-order valence-corrected chi connectivity index (χ1v) is 13.5. The van der Waals surface area contributed by atoms with Crippen LogP contribution < -0.4 is 21.3 Å². The summed E-state index contributed by atoms with van der Waals surface area (Å²) in [6, 6.07) is 0.309. The van der Waals surface area contributed by atoms with E-state index >= 15 is 0 Å². The van der Waals surface area contributed by atoms with Crippen LogP contribution in [0.15, 0.2) is 0 Å². The number of piperidine rings is 1. The zero-order chi connectivity index (χ0) is 21.8. The number of nitrogens with one attached hydrogen (secondary N) is 4. The molecule has 8 nitrogen and oxygen atoms in total. The largest absolute Gasteiger partial charge is 0.450 e. The van der Waals surface area contributed by atoms with Gasteiger partial charge in [0, 0.05) is 11.3 Å². The van der Waals surface area contributed by atoms with Crippen molar-refractivity contribution < 1.29 is 19.1 Å². The van der Waals surface area contributed by atoms with E-state index in [9.17, 15) is 14.4 Å². The second kappa shape index (κ2) is 10.8. The normalized spacial score (nSPS) is 35.9. The van der Waals surface area contributed by atoms with E-state index < -0.39 is 12.0 Å². The van der Waals surface area contributed by atoms with Crippen LogP contribution in [0.5, 0.6) is 0 Å². The summed E-state index contributed by atoms with van der Waals surface area (Å²) in [7, 11) is 0. The lowest BCUT2D eigenvalue weighted by Crippen LogP contribution is -2.50. The van der Waals surface area contributed by atoms with Crippen LogP contribution in [0.4, 0.5) is 4.79 Å². The molecule has 3 amide bonds. The SMILES string of the molecule is CCOC(=O)NC(=O)C1CC(C2CCCCC2)SC1NC(=O)C1NC2CCCNC2S1. The molecule has 10 heteroatoms. The van der Waals surface area contributed by atoms with Gasteiger partial charge in [-0.1, -0.05) is 19.3 Å². The molecule has 4 rings (SSSR count). The van der Waals surface area contributed by atoms with E-state index in [1.54, 1.807) is 30.4 Å². The molecule has 6 atom stereocenters. The molecule has 6 unspecified atom stereocenters. The predicted molar refractivity (Wildman–Crippen MR) is 122 cm³/mol. The summed E-state index contributed by atoms with van der Waals surface area (Å²) in [6.07, 6.45) is 8.26. The van der Waals surface area contributed by atoms with Gasteiger partial charge in [-0.2, -0.15) is 0 Å². The Morgan fingerprint density at radius 3 is 2.58 bits per heavy atom. The van der Waals surface area contributed by atoms with Crippen molar-refractivity contribution in [2.45, 2.75) is 85.7 Å². The zero-order valence-electron chi connectivity index (χ0n) is 18.1. The summed E-state index contributed by atoms with van der Waals surface area (Å²) < 4.78 is 4.88. The fourth-order valence-electron chi connectivity index (χ4n) is 5.17. The molecule has 3 saturated heterocycles. The van der Waals surface area contributed by atoms with Crippen LogP contribution in [0.2, 0.25) is 0 Å². The van der Waals surface area contributed by atoms with Gasteiger partial charge in [0.25, 0.3) is 0 Å². The van der Waals surface area contributed by atoms with Crippen LogP contribution in [0, 0.1) is 11.8 Å². The third-order valence-corrected chi connectivity index (χ3v) is 9.84. The van der Waals surface area contributed by atoms with Crippen molar-refractivity contribution in [1.82, 2.24) is 21.3 Å². The highest BCUT2D eigenvalue weighted by Crippen LogP contribution is 2.45. The average Bonchev–Trinajstić information content (AvgIpc) is 3.39. The Balaban J connectivity index is 1.39. The van der Waals surface area contributed by atoms with E-state index in [4.69, 9.17) is 4.74 Å². The molecule has 4 N–H and O–H groups in total. The summed E-state index contributed by atoms with van der Waals surface area (Å²) in [4.78, 5) is 37.7. The Hall–Kier alpha value is -0.970. The van der Waals surface area contributed by atoms with Gasteiger partial charge < -0.3 is 15.4 Å². The van der Waals surface area contributed by atoms with Crippen LogP contribution in [-0.4, -0.2) is 58.5 Å². The number of alkyl carbamates (subject to hydrolysis) is 1. The quantitative estimate of drug-likeness (QED) is 0.484. The maximum atomic E-state index is 13.1. The first kappa shape index (κ1) is 23.2. The van der Waals surface area contributed by atoms with Crippen molar-refractivity contribution in [3.63, 3.8) is 0 Å². The Bertz CT molecular complexity index is 662. The van der Waals surface area contributed by atoms with Crippen molar-refractivity contribution >= 4 is 41.4 Å². The van der Waals surface area contributed by atoms with Crippen molar-refractivity contribution in [2.24, 2.45) is 11.8 Å². The summed E-state index contributed by atoms with van der Waals surface area (Å²) in [5.41, 5.74) is 0. The number of carbonyl (C=O) groups excluding carboxylic acids is 3. The monoisotopic (exact) mass is 470 g/mol. The van der Waals surface area contributed by atoms with E-state index in [2.05, 4.69) is 21.3 Å². The number of ether oxygens (including phenoxy) is 1. The molecule has 174 valence electrons. The third kappa shape index (κ3) is 5.69. The van der Waals surface area contributed by atoms with Crippen LogP contribution in [0.3, 0.4) is 0 Å². The van der Waals surface area contributed by atoms with Gasteiger partial charge in [-0.15, -0.1) is 23.5 Å². The molecule has 1 aliphatic carbocycles. The molecule has 0 aromatic carbocycles. The molecule has 0 radical (unpaired) electrons. The number of hydrogen-bond donors (Lipinski definition) is 4. The topological polar surface area (TPSA) is 109 Å². The minimum atomic E-state index is -0.716. The highest BCUT2D eigenvalue weighted by molar-refractivity contribution is 8.01. The maximum Gasteiger partial charge on any atom is 0.413 e. The summed E-state index contributed by atoms with van der Waals surface area (Å²) >= 11 is 3.33. The first-order chi connectivity index (χ1) is 15.0. The Morgan fingerprint density at radius 1 is 1.03 bits per heavy atom. The molecule has 1 saturated carbocycles. The number of hydrogen-bond acceptors (Lipinski definition) is 8. The number of fused-ring (bicyclic) bond motifs is 1. The average molecular weight is 471 g/mol. The third-order valence-electron chi connectivity index (χ3n) is 6.76. The lowest BCUT2D eigenvalue weighted by Gasteiger charge is -2.27. The number of rotatable bonds is 5. The Morgan fingerprint density at radius 2 is 1.84 bits per heavy atom. The van der Waals surface area contributed by atoms with Crippen molar-refractivity contribution in [2.75, 3.05) is 13.2 Å². The van der Waals surface area contributed by atoms with Crippen LogP contribution >= 0.6 is 23.5 Å². The molecule has 31 heavy (non-hydrogen) atoms. The molecular formula is C21H34N4O4S2. The van der Waals surface area contributed by atoms with E-state index in [1.807, 2.05) is 0 Å². The predicted octanol–water partition coefficient (Wildman–Crippen LogP) is 2.14. The molecule has 4 fully saturated rings. The number of carbonyl (C=O) groups is 3. The second-order valence-corrected chi connectivity index (χ2v) is 11.5. The first-order valence-electron chi connectivity index (χ1n) is 11.6. The molecule has 0 spiro atoms. The van der Waals surface area contributed by atoms with Gasteiger partial charge in [0.1, 0.15) is 5.37 Å². The second-order valence-electron chi connectivity index (χ2n) is 8.86. The molecule has 0 aromatic heterocycles. The Labute approximate surface area is 192 Å². The molecule has 3 aliphatic heterocycles. The van der Waals surface area contributed by atoms with Gasteiger partial charge in [0.05, 0.1) is 23.3 Å². The summed E-state index contributed by atoms with van der Waals surface area (Å²) in [5.74, 6) is -0.282.